The second-order valence-corrected chi connectivity index (χ2v) is 3.99. The number of nitriles is 1. The number of nitrogens with zero attached hydrogens (tertiary/aromatic N) is 4. The molecule has 1 N–H and O–H groups in total. The maximum atomic E-state index is 11.1. The highest BCUT2D eigenvalue weighted by molar-refractivity contribution is 5.86. The molecule has 0 bridgehead atoms. The molecule has 1 heterocycles. The molecular formula is C12H14N4O5. The second kappa shape index (κ2) is 7.76. The quantitative estimate of drug-likeness (QED) is 0.556. The van der Waals surface area contributed by atoms with E-state index in [9.17, 15) is 14.9 Å². The topological polar surface area (TPSA) is 130 Å². The van der Waals surface area contributed by atoms with Crippen LogP contribution in [0.25, 0.3) is 0 Å². The van der Waals surface area contributed by atoms with E-state index in [1.54, 1.807) is 0 Å². The van der Waals surface area contributed by atoms with Crippen LogP contribution in [0.1, 0.15) is 16.9 Å². The fraction of sp³-hybridized carbons (Fsp3) is 0.417. The highest BCUT2D eigenvalue weighted by atomic mass is 16.6. The fourth-order valence-electron chi connectivity index (χ4n) is 1.65. The molecule has 0 aliphatic rings. The first-order valence-corrected chi connectivity index (χ1v) is 6.00. The van der Waals surface area contributed by atoms with Gasteiger partial charge in [0.05, 0.1) is 24.0 Å². The van der Waals surface area contributed by atoms with Gasteiger partial charge in [0.15, 0.2) is 5.69 Å². The van der Waals surface area contributed by atoms with Gasteiger partial charge >= 0.3 is 11.7 Å². The lowest BCUT2D eigenvalue weighted by Gasteiger charge is -2.22. The molecular weight excluding hydrogens is 280 g/mol. The fourth-order valence-corrected chi connectivity index (χ4v) is 1.65. The van der Waals surface area contributed by atoms with Crippen LogP contribution in [-0.4, -0.2) is 47.8 Å². The van der Waals surface area contributed by atoms with Gasteiger partial charge in [0.25, 0.3) is 0 Å². The van der Waals surface area contributed by atoms with E-state index < -0.39 is 10.9 Å². The molecule has 0 atom stereocenters. The van der Waals surface area contributed by atoms with Crippen molar-refractivity contribution < 1.29 is 19.6 Å². The smallest absolute Gasteiger partial charge is 0.354 e. The van der Waals surface area contributed by atoms with Crippen molar-refractivity contribution in [3.8, 4) is 6.07 Å². The molecule has 0 spiro atoms. The highest BCUT2D eigenvalue weighted by Gasteiger charge is 2.23. The zero-order valence-electron chi connectivity index (χ0n) is 11.4. The van der Waals surface area contributed by atoms with Crippen LogP contribution in [0.5, 0.6) is 0 Å². The van der Waals surface area contributed by atoms with Crippen molar-refractivity contribution in [1.29, 1.82) is 5.26 Å². The summed E-state index contributed by atoms with van der Waals surface area (Å²) in [7, 11) is 1.47. The van der Waals surface area contributed by atoms with Crippen LogP contribution < -0.4 is 4.90 Å². The number of pyridine rings is 1. The lowest BCUT2D eigenvalue weighted by atomic mass is 10.3. The van der Waals surface area contributed by atoms with Crippen molar-refractivity contribution in [2.45, 2.75) is 6.42 Å². The number of hydrogen-bond donors (Lipinski definition) is 1. The van der Waals surface area contributed by atoms with Crippen molar-refractivity contribution in [1.82, 2.24) is 4.98 Å². The summed E-state index contributed by atoms with van der Waals surface area (Å²) in [6.07, 6.45) is 0.125. The monoisotopic (exact) mass is 294 g/mol. The largest absolute Gasteiger partial charge is 0.477 e. The van der Waals surface area contributed by atoms with E-state index in [1.807, 2.05) is 6.07 Å². The minimum atomic E-state index is -1.28. The van der Waals surface area contributed by atoms with Crippen molar-refractivity contribution in [2.24, 2.45) is 0 Å². The molecule has 112 valence electrons. The summed E-state index contributed by atoms with van der Waals surface area (Å²) in [4.78, 5) is 26.7. The van der Waals surface area contributed by atoms with Crippen molar-refractivity contribution in [3.63, 3.8) is 0 Å². The van der Waals surface area contributed by atoms with Crippen LogP contribution in [-0.2, 0) is 4.74 Å². The predicted octanol–water partition coefficient (Wildman–Crippen LogP) is 1.05. The number of hydrogen-bond acceptors (Lipinski definition) is 7. The number of rotatable bonds is 8. The molecule has 21 heavy (non-hydrogen) atoms. The number of anilines is 1. The summed E-state index contributed by atoms with van der Waals surface area (Å²) in [5.74, 6) is -1.36. The number of aromatic nitrogens is 1. The number of carboxylic acid groups (broad SMARTS) is 1. The zero-order valence-corrected chi connectivity index (χ0v) is 11.4. The van der Waals surface area contributed by atoms with Gasteiger partial charge in [-0.15, -0.1) is 0 Å². The first-order chi connectivity index (χ1) is 10.0. The van der Waals surface area contributed by atoms with E-state index in [4.69, 9.17) is 15.1 Å². The molecule has 0 aliphatic heterocycles. The van der Waals surface area contributed by atoms with Crippen LogP contribution in [0, 0.1) is 21.4 Å². The third kappa shape index (κ3) is 4.39. The Hall–Kier alpha value is -2.73. The second-order valence-electron chi connectivity index (χ2n) is 3.99. The molecule has 1 rings (SSSR count). The summed E-state index contributed by atoms with van der Waals surface area (Å²) in [6.45, 7) is 0.716. The molecule has 9 heteroatoms. The molecule has 1 aromatic heterocycles. The molecule has 9 nitrogen and oxygen atoms in total. The highest BCUT2D eigenvalue weighted by Crippen LogP contribution is 2.26. The van der Waals surface area contributed by atoms with Crippen LogP contribution in [0.15, 0.2) is 12.1 Å². The molecule has 1 aromatic rings. The molecule has 0 aliphatic carbocycles. The normalized spacial score (nSPS) is 9.90. The van der Waals surface area contributed by atoms with E-state index >= 15 is 0 Å². The zero-order chi connectivity index (χ0) is 15.8. The molecule has 0 saturated carbocycles. The van der Waals surface area contributed by atoms with E-state index in [0.29, 0.717) is 0 Å². The van der Waals surface area contributed by atoms with Crippen molar-refractivity contribution in [3.05, 3.63) is 27.9 Å². The van der Waals surface area contributed by atoms with E-state index in [2.05, 4.69) is 4.98 Å². The van der Waals surface area contributed by atoms with Crippen LogP contribution in [0.2, 0.25) is 0 Å². The number of aromatic carboxylic acids is 1. The Morgan fingerprint density at radius 1 is 1.57 bits per heavy atom. The van der Waals surface area contributed by atoms with Gasteiger partial charge in [0.2, 0.25) is 5.82 Å². The molecule has 0 saturated heterocycles. The lowest BCUT2D eigenvalue weighted by molar-refractivity contribution is -0.384. The Labute approximate surface area is 120 Å². The Morgan fingerprint density at radius 3 is 2.81 bits per heavy atom. The van der Waals surface area contributed by atoms with E-state index in [1.165, 1.54) is 12.0 Å². The van der Waals surface area contributed by atoms with Gasteiger partial charge in [0.1, 0.15) is 0 Å². The van der Waals surface area contributed by atoms with Gasteiger partial charge in [-0.05, 0) is 6.07 Å². The van der Waals surface area contributed by atoms with Gasteiger partial charge < -0.3 is 14.7 Å². The molecule has 0 radical (unpaired) electrons. The third-order valence-electron chi connectivity index (χ3n) is 2.63. The SMILES string of the molecule is COCCN(CCC#N)c1nc(C(=O)O)ccc1[N+](=O)[O-]. The van der Waals surface area contributed by atoms with Crippen molar-refractivity contribution >= 4 is 17.5 Å². The Morgan fingerprint density at radius 2 is 2.29 bits per heavy atom. The summed E-state index contributed by atoms with van der Waals surface area (Å²) in [5.41, 5.74) is -0.607. The van der Waals surface area contributed by atoms with Crippen LogP contribution >= 0.6 is 0 Å². The van der Waals surface area contributed by atoms with Gasteiger partial charge in [-0.25, -0.2) is 9.78 Å². The molecule has 0 aromatic carbocycles. The Kier molecular flexibility index (Phi) is 6.03. The lowest BCUT2D eigenvalue weighted by Crippen LogP contribution is -2.30. The minimum Gasteiger partial charge on any atom is -0.477 e. The first-order valence-electron chi connectivity index (χ1n) is 6.00. The van der Waals surface area contributed by atoms with Crippen LogP contribution in [0.3, 0.4) is 0 Å². The third-order valence-corrected chi connectivity index (χ3v) is 2.63. The molecule has 0 unspecified atom stereocenters. The first kappa shape index (κ1) is 16.3. The number of carboxylic acids is 1. The summed E-state index contributed by atoms with van der Waals surface area (Å²) < 4.78 is 4.91. The number of methoxy groups -OCH3 is 1. The summed E-state index contributed by atoms with van der Waals surface area (Å²) >= 11 is 0. The number of ether oxygens (including phenoxy) is 1. The van der Waals surface area contributed by atoms with Gasteiger partial charge in [-0.2, -0.15) is 5.26 Å². The summed E-state index contributed by atoms with van der Waals surface area (Å²) in [5, 5.41) is 28.6. The summed E-state index contributed by atoms with van der Waals surface area (Å²) in [6, 6.07) is 4.10. The molecule has 0 fully saturated rings. The van der Waals surface area contributed by atoms with Gasteiger partial charge in [-0.1, -0.05) is 0 Å². The average Bonchev–Trinajstić information content (AvgIpc) is 2.46. The maximum Gasteiger partial charge on any atom is 0.354 e. The van der Waals surface area contributed by atoms with Crippen LogP contribution in [0.4, 0.5) is 11.5 Å². The van der Waals surface area contributed by atoms with E-state index in [-0.39, 0.29) is 43.3 Å². The van der Waals surface area contributed by atoms with Crippen molar-refractivity contribution in [2.75, 3.05) is 31.7 Å². The van der Waals surface area contributed by atoms with Gasteiger partial charge in [-0.3, -0.25) is 10.1 Å². The standard InChI is InChI=1S/C12H14N4O5/c1-21-8-7-15(6-2-5-13)11-10(16(19)20)4-3-9(14-11)12(17)18/h3-4H,2,6-8H2,1H3,(H,17,18). The van der Waals surface area contributed by atoms with Gasteiger partial charge in [0, 0.05) is 26.3 Å². The average molecular weight is 294 g/mol. The number of carbonyl (C=O) groups is 1. The predicted molar refractivity (Wildman–Crippen MR) is 72.2 cm³/mol. The molecule has 0 amide bonds. The Balaban J connectivity index is 3.23. The maximum absolute atomic E-state index is 11.1. The Bertz CT molecular complexity index is 569. The minimum absolute atomic E-state index is 0.0767. The van der Waals surface area contributed by atoms with E-state index in [0.717, 1.165) is 12.1 Å². The number of nitro groups is 1.